The molecule has 2 fully saturated rings. The van der Waals surface area contributed by atoms with Gasteiger partial charge in [-0.05, 0) is 54.2 Å². The summed E-state index contributed by atoms with van der Waals surface area (Å²) in [6.45, 7) is -2.76. The van der Waals surface area contributed by atoms with Crippen LogP contribution in [0.25, 0.3) is 0 Å². The molecule has 5 rings (SSSR count). The van der Waals surface area contributed by atoms with Crippen molar-refractivity contribution in [2.45, 2.75) is 42.2 Å². The zero-order chi connectivity index (χ0) is 33.0. The van der Waals surface area contributed by atoms with Gasteiger partial charge in [-0.15, -0.1) is 11.8 Å². The molecule has 2 aromatic carbocycles. The molecule has 16 heteroatoms. The Morgan fingerprint density at radius 3 is 2.41 bits per heavy atom. The first-order chi connectivity index (χ1) is 22.0. The number of carbonyl (C=O) groups excluding carboxylic acids is 1. The van der Waals surface area contributed by atoms with Crippen LogP contribution in [0, 0.1) is 5.92 Å². The van der Waals surface area contributed by atoms with Gasteiger partial charge in [0.25, 0.3) is 0 Å². The molecular formula is C30H30Cl2F2N2O8S2. The number of rotatable bonds is 14. The van der Waals surface area contributed by atoms with Gasteiger partial charge in [0.1, 0.15) is 22.5 Å². The first-order valence-corrected chi connectivity index (χ1v) is 17.3. The molecule has 1 saturated heterocycles. The predicted molar refractivity (Wildman–Crippen MR) is 168 cm³/mol. The van der Waals surface area contributed by atoms with Gasteiger partial charge in [-0.2, -0.15) is 13.1 Å². The maximum Gasteiger partial charge on any atom is 0.387 e. The highest BCUT2D eigenvalue weighted by atomic mass is 35.5. The number of alkyl halides is 2. The van der Waals surface area contributed by atoms with Crippen LogP contribution in [0.5, 0.6) is 23.0 Å². The first kappa shape index (κ1) is 34.3. The molecule has 0 spiro atoms. The largest absolute Gasteiger partial charge is 0.497 e. The van der Waals surface area contributed by atoms with E-state index >= 15 is 0 Å². The summed E-state index contributed by atoms with van der Waals surface area (Å²) in [5, 5.41) is -0.833. The van der Waals surface area contributed by atoms with Crippen LogP contribution < -0.4 is 18.9 Å². The van der Waals surface area contributed by atoms with Crippen molar-refractivity contribution >= 4 is 51.0 Å². The van der Waals surface area contributed by atoms with E-state index in [1.807, 2.05) is 0 Å². The van der Waals surface area contributed by atoms with Gasteiger partial charge in [0, 0.05) is 37.2 Å². The maximum atomic E-state index is 13.9. The molecule has 2 atom stereocenters. The molecule has 2 aliphatic rings. The summed E-state index contributed by atoms with van der Waals surface area (Å²) in [5.41, 5.74) is 0.769. The number of thioether (sulfide) groups is 1. The summed E-state index contributed by atoms with van der Waals surface area (Å²) >= 11 is 13.9. The molecular weight excluding hydrogens is 689 g/mol. The monoisotopic (exact) mass is 718 g/mol. The quantitative estimate of drug-likeness (QED) is 0.174. The van der Waals surface area contributed by atoms with Crippen molar-refractivity contribution in [3.05, 3.63) is 70.0 Å². The second kappa shape index (κ2) is 14.8. The number of halogens is 4. The molecule has 0 N–H and O–H groups in total. The number of methoxy groups -OCH3 is 2. The lowest BCUT2D eigenvalue weighted by atomic mass is 10.0. The normalized spacial score (nSPS) is 17.5. The minimum Gasteiger partial charge on any atom is -0.497 e. The van der Waals surface area contributed by atoms with Gasteiger partial charge < -0.3 is 23.7 Å². The van der Waals surface area contributed by atoms with Gasteiger partial charge >= 0.3 is 12.6 Å². The summed E-state index contributed by atoms with van der Waals surface area (Å²) in [6, 6.07) is 8.56. The molecule has 1 saturated carbocycles. The van der Waals surface area contributed by atoms with Crippen molar-refractivity contribution in [3.63, 3.8) is 0 Å². The molecule has 0 bridgehead atoms. The Kier molecular flexibility index (Phi) is 11.0. The second-order valence-electron chi connectivity index (χ2n) is 10.4. The minimum atomic E-state index is -4.27. The molecule has 1 aliphatic heterocycles. The lowest BCUT2D eigenvalue weighted by Gasteiger charge is -2.26. The van der Waals surface area contributed by atoms with Crippen LogP contribution in [0.4, 0.5) is 8.78 Å². The molecule has 2 heterocycles. The Morgan fingerprint density at radius 2 is 1.76 bits per heavy atom. The van der Waals surface area contributed by atoms with E-state index in [9.17, 15) is 22.0 Å². The van der Waals surface area contributed by atoms with Gasteiger partial charge in [0.15, 0.2) is 16.9 Å². The third-order valence-electron chi connectivity index (χ3n) is 7.34. The van der Waals surface area contributed by atoms with Gasteiger partial charge in [-0.25, -0.2) is 13.2 Å². The summed E-state index contributed by atoms with van der Waals surface area (Å²) in [5.74, 6) is -0.00155. The van der Waals surface area contributed by atoms with E-state index < -0.39 is 34.1 Å². The Balaban J connectivity index is 1.48. The Morgan fingerprint density at radius 1 is 1.04 bits per heavy atom. The number of hydrogen-bond acceptors (Lipinski definition) is 10. The van der Waals surface area contributed by atoms with E-state index in [1.54, 1.807) is 6.07 Å². The van der Waals surface area contributed by atoms with E-state index in [2.05, 4.69) is 9.72 Å². The fourth-order valence-corrected chi connectivity index (χ4v) is 8.50. The van der Waals surface area contributed by atoms with Crippen molar-refractivity contribution in [1.29, 1.82) is 0 Å². The predicted octanol–water partition coefficient (Wildman–Crippen LogP) is 6.39. The summed E-state index contributed by atoms with van der Waals surface area (Å²) in [7, 11) is -1.52. The van der Waals surface area contributed by atoms with Crippen molar-refractivity contribution in [2.75, 3.05) is 33.1 Å². The highest BCUT2D eigenvalue weighted by Gasteiger charge is 2.43. The molecule has 0 radical (unpaired) electrons. The second-order valence-corrected chi connectivity index (χ2v) is 14.3. The number of ether oxygens (including phenoxy) is 5. The Hall–Kier alpha value is -3.04. The van der Waals surface area contributed by atoms with E-state index in [1.165, 1.54) is 56.9 Å². The van der Waals surface area contributed by atoms with Crippen molar-refractivity contribution in [1.82, 2.24) is 9.29 Å². The number of carbonyl (C=O) groups is 1. The van der Waals surface area contributed by atoms with Gasteiger partial charge in [-0.1, -0.05) is 29.3 Å². The standard InChI is InChI=1S/C30H30Cl2F2N2O8S2/c1-40-19-6-8-24(41-2)27(12-19)46(38,39)36-9-10-45-28(36)29(37)43-25(13-20-21(31)14-35-15-22(20)32)18-5-7-23(44-30(33)34)26(11-18)42-16-17-3-4-17/h5-8,11-12,14-15,17,25,28,30H,3-4,9-10,13,16H2,1-2H3. The SMILES string of the molecule is COc1ccc(OC)c(S(=O)(=O)N2CCSC2C(=O)OC(Cc2c(Cl)cncc2Cl)c2ccc(OC(F)F)c(OCC3CC3)c2)c1. The highest BCUT2D eigenvalue weighted by molar-refractivity contribution is 8.02. The minimum absolute atomic E-state index is 0.0264. The molecule has 0 amide bonds. The van der Waals surface area contributed by atoms with Gasteiger partial charge in [0.2, 0.25) is 10.0 Å². The number of benzene rings is 2. The molecule has 1 aliphatic carbocycles. The van der Waals surface area contributed by atoms with E-state index in [0.29, 0.717) is 29.4 Å². The Labute approximate surface area is 279 Å². The molecule has 248 valence electrons. The van der Waals surface area contributed by atoms with Crippen LogP contribution in [0.15, 0.2) is 53.7 Å². The fourth-order valence-electron chi connectivity index (χ4n) is 4.77. The van der Waals surface area contributed by atoms with Crippen LogP contribution in [0.2, 0.25) is 10.0 Å². The van der Waals surface area contributed by atoms with Gasteiger partial charge in [-0.3, -0.25) is 4.98 Å². The smallest absolute Gasteiger partial charge is 0.387 e. The summed E-state index contributed by atoms with van der Waals surface area (Å²) in [6.07, 6.45) is 3.55. The molecule has 10 nitrogen and oxygen atoms in total. The molecule has 46 heavy (non-hydrogen) atoms. The zero-order valence-corrected chi connectivity index (χ0v) is 27.8. The maximum absolute atomic E-state index is 13.9. The average Bonchev–Trinajstić information content (AvgIpc) is 3.72. The third kappa shape index (κ3) is 7.91. The van der Waals surface area contributed by atoms with Crippen molar-refractivity contribution < 1.29 is 45.7 Å². The number of hydrogen-bond donors (Lipinski definition) is 0. The van der Waals surface area contributed by atoms with Crippen LogP contribution in [0.1, 0.15) is 30.1 Å². The van der Waals surface area contributed by atoms with E-state index in [-0.39, 0.29) is 50.9 Å². The Bertz CT molecular complexity index is 1660. The van der Waals surface area contributed by atoms with E-state index in [0.717, 1.165) is 28.9 Å². The highest BCUT2D eigenvalue weighted by Crippen LogP contribution is 2.40. The lowest BCUT2D eigenvalue weighted by Crippen LogP contribution is -2.40. The molecule has 2 unspecified atom stereocenters. The molecule has 3 aromatic rings. The lowest BCUT2D eigenvalue weighted by molar-refractivity contribution is -0.150. The van der Waals surface area contributed by atoms with Crippen LogP contribution in [-0.2, 0) is 26.0 Å². The topological polar surface area (TPSA) is 113 Å². The number of pyridine rings is 1. The number of nitrogens with zero attached hydrogens (tertiary/aromatic N) is 2. The van der Waals surface area contributed by atoms with Crippen molar-refractivity contribution in [2.24, 2.45) is 5.92 Å². The van der Waals surface area contributed by atoms with Gasteiger partial charge in [0.05, 0.1) is 30.9 Å². The van der Waals surface area contributed by atoms with Crippen molar-refractivity contribution in [3.8, 4) is 23.0 Å². The number of sulfonamides is 1. The zero-order valence-electron chi connectivity index (χ0n) is 24.7. The van der Waals surface area contributed by atoms with Crippen LogP contribution in [0.3, 0.4) is 0 Å². The average molecular weight is 720 g/mol. The summed E-state index contributed by atoms with van der Waals surface area (Å²) < 4.78 is 82.2. The summed E-state index contributed by atoms with van der Waals surface area (Å²) in [4.78, 5) is 17.6. The molecule has 1 aromatic heterocycles. The van der Waals surface area contributed by atoms with Crippen LogP contribution >= 0.6 is 35.0 Å². The number of aromatic nitrogens is 1. The number of esters is 1. The first-order valence-electron chi connectivity index (χ1n) is 14.1. The fraction of sp³-hybridized carbons (Fsp3) is 0.400. The third-order valence-corrected chi connectivity index (χ3v) is 11.2. The van der Waals surface area contributed by atoms with E-state index in [4.69, 9.17) is 42.1 Å². The van der Waals surface area contributed by atoms with Crippen LogP contribution in [-0.4, -0.2) is 68.8 Å².